The maximum atomic E-state index is 14.1. The first kappa shape index (κ1) is 21.5. The topological polar surface area (TPSA) is 94.9 Å². The van der Waals surface area contributed by atoms with Crippen LogP contribution >= 0.6 is 0 Å². The van der Waals surface area contributed by atoms with E-state index in [1.54, 1.807) is 5.01 Å². The van der Waals surface area contributed by atoms with Crippen molar-refractivity contribution in [3.63, 3.8) is 0 Å². The maximum absolute atomic E-state index is 14.1. The van der Waals surface area contributed by atoms with Gasteiger partial charge in [-0.25, -0.2) is 8.78 Å². The first-order valence-electron chi connectivity index (χ1n) is 10.1. The lowest BCUT2D eigenvalue weighted by Gasteiger charge is -2.41. The van der Waals surface area contributed by atoms with Gasteiger partial charge in [-0.2, -0.15) is 0 Å². The van der Waals surface area contributed by atoms with Crippen molar-refractivity contribution in [2.45, 2.75) is 39.4 Å². The predicted octanol–water partition coefficient (Wildman–Crippen LogP) is 1.77. The molecule has 4 rings (SSSR count). The number of hydrogen-bond donors (Lipinski definition) is 2. The first-order valence-corrected chi connectivity index (χ1v) is 10.1. The van der Waals surface area contributed by atoms with E-state index in [-0.39, 0.29) is 30.0 Å². The van der Waals surface area contributed by atoms with Crippen LogP contribution in [0, 0.1) is 18.6 Å². The minimum absolute atomic E-state index is 0.185. The van der Waals surface area contributed by atoms with Gasteiger partial charge >= 0.3 is 0 Å². The zero-order valence-electron chi connectivity index (χ0n) is 17.7. The number of hydrogen-bond acceptors (Lipinski definition) is 5. The third-order valence-corrected chi connectivity index (χ3v) is 5.79. The molecule has 3 heterocycles. The fourth-order valence-electron chi connectivity index (χ4n) is 3.90. The Balaban J connectivity index is 1.71. The number of aromatic hydroxyl groups is 1. The van der Waals surface area contributed by atoms with Crippen molar-refractivity contribution >= 4 is 11.8 Å². The molecule has 2 aliphatic heterocycles. The van der Waals surface area contributed by atoms with Crippen LogP contribution in [0.5, 0.6) is 5.75 Å². The number of carbonyl (C=O) groups is 2. The van der Waals surface area contributed by atoms with Crippen molar-refractivity contribution in [2.75, 3.05) is 11.7 Å². The van der Waals surface area contributed by atoms with E-state index in [1.807, 2.05) is 26.0 Å². The fourth-order valence-corrected chi connectivity index (χ4v) is 3.90. The van der Waals surface area contributed by atoms with Crippen molar-refractivity contribution in [3.8, 4) is 5.75 Å². The maximum Gasteiger partial charge on any atom is 0.278 e. The summed E-state index contributed by atoms with van der Waals surface area (Å²) in [6.07, 6.45) is 4.90. The van der Waals surface area contributed by atoms with Crippen molar-refractivity contribution < 1.29 is 23.5 Å². The van der Waals surface area contributed by atoms with Crippen LogP contribution < -0.4 is 15.8 Å². The van der Waals surface area contributed by atoms with Crippen LogP contribution in [-0.2, 0) is 6.54 Å². The van der Waals surface area contributed by atoms with Crippen molar-refractivity contribution in [3.05, 3.63) is 74.7 Å². The average Bonchev–Trinajstić information content (AvgIpc) is 2.85. The summed E-state index contributed by atoms with van der Waals surface area (Å²) in [6.45, 7) is 4.91. The number of aromatic nitrogens is 1. The number of rotatable bonds is 3. The van der Waals surface area contributed by atoms with Crippen LogP contribution in [0.1, 0.15) is 45.8 Å². The number of amides is 2. The molecule has 0 spiro atoms. The van der Waals surface area contributed by atoms with Gasteiger partial charge in [-0.15, -0.1) is 0 Å². The molecular weight excluding hydrogens is 422 g/mol. The van der Waals surface area contributed by atoms with Crippen LogP contribution in [0.4, 0.5) is 8.78 Å². The summed E-state index contributed by atoms with van der Waals surface area (Å²) in [7, 11) is 0. The molecule has 2 atom stereocenters. The number of halogens is 2. The van der Waals surface area contributed by atoms with E-state index in [1.165, 1.54) is 22.7 Å². The van der Waals surface area contributed by atoms with Crippen LogP contribution in [0.15, 0.2) is 35.3 Å². The van der Waals surface area contributed by atoms with Gasteiger partial charge in [0.1, 0.15) is 23.9 Å². The number of fused-ring (bicyclic) bond motifs is 4. The Bertz CT molecular complexity index is 1200. The number of carbonyl (C=O) groups excluding carboxylic acids is 2. The predicted molar refractivity (Wildman–Crippen MR) is 112 cm³/mol. The van der Waals surface area contributed by atoms with Crippen molar-refractivity contribution in [2.24, 2.45) is 0 Å². The summed E-state index contributed by atoms with van der Waals surface area (Å²) in [6, 6.07) is 1.82. The molecule has 0 aliphatic carbocycles. The number of benzene rings is 1. The van der Waals surface area contributed by atoms with Crippen LogP contribution in [0.25, 0.3) is 0 Å². The SMILES string of the molecule is Cc1cc(F)c(CNC(=O)c2cn3c(c(O)c2=O)C(=O)N2CN3[C@@H](C)C=C[C@@H]2C)c(F)c1. The highest BCUT2D eigenvalue weighted by Gasteiger charge is 2.38. The van der Waals surface area contributed by atoms with Gasteiger partial charge in [0, 0.05) is 24.3 Å². The highest BCUT2D eigenvalue weighted by atomic mass is 19.1. The molecule has 0 saturated heterocycles. The van der Waals surface area contributed by atoms with Gasteiger partial charge in [0.15, 0.2) is 11.4 Å². The summed E-state index contributed by atoms with van der Waals surface area (Å²) in [5.74, 6) is -3.97. The fraction of sp³-hybridized carbons (Fsp3) is 0.318. The van der Waals surface area contributed by atoms with E-state index in [9.17, 15) is 28.3 Å². The second-order valence-electron chi connectivity index (χ2n) is 8.03. The number of nitrogens with one attached hydrogen (secondary N) is 1. The smallest absolute Gasteiger partial charge is 0.278 e. The summed E-state index contributed by atoms with van der Waals surface area (Å²) in [5.41, 5.74) is -1.69. The van der Waals surface area contributed by atoms with Gasteiger partial charge in [-0.05, 0) is 38.5 Å². The largest absolute Gasteiger partial charge is 0.502 e. The lowest BCUT2D eigenvalue weighted by molar-refractivity contribution is 0.0652. The molecule has 1 aromatic carbocycles. The van der Waals surface area contributed by atoms with E-state index in [0.29, 0.717) is 5.56 Å². The number of nitrogens with zero attached hydrogens (tertiary/aromatic N) is 3. The molecule has 0 saturated carbocycles. The molecule has 0 fully saturated rings. The second-order valence-corrected chi connectivity index (χ2v) is 8.03. The van der Waals surface area contributed by atoms with Gasteiger partial charge in [0.25, 0.3) is 11.8 Å². The molecule has 168 valence electrons. The van der Waals surface area contributed by atoms with Gasteiger partial charge in [-0.1, -0.05) is 12.2 Å². The van der Waals surface area contributed by atoms with Gasteiger partial charge < -0.3 is 15.3 Å². The minimum atomic E-state index is -1.04. The van der Waals surface area contributed by atoms with E-state index in [4.69, 9.17) is 0 Å². The molecule has 32 heavy (non-hydrogen) atoms. The molecule has 2 bridgehead atoms. The summed E-state index contributed by atoms with van der Waals surface area (Å²) >= 11 is 0. The lowest BCUT2D eigenvalue weighted by atomic mass is 10.1. The van der Waals surface area contributed by atoms with Gasteiger partial charge in [0.05, 0.1) is 6.04 Å². The zero-order chi connectivity index (χ0) is 23.3. The molecule has 2 amide bonds. The number of pyridine rings is 1. The third kappa shape index (κ3) is 3.41. The minimum Gasteiger partial charge on any atom is -0.502 e. The molecule has 8 nitrogen and oxygen atoms in total. The Morgan fingerprint density at radius 1 is 1.16 bits per heavy atom. The average molecular weight is 444 g/mol. The van der Waals surface area contributed by atoms with E-state index in [2.05, 4.69) is 5.32 Å². The van der Waals surface area contributed by atoms with Crippen LogP contribution in [0.2, 0.25) is 0 Å². The molecule has 2 aliphatic rings. The molecule has 1 aromatic heterocycles. The molecule has 10 heteroatoms. The monoisotopic (exact) mass is 444 g/mol. The molecule has 2 N–H and O–H groups in total. The second kappa shape index (κ2) is 7.77. The van der Waals surface area contributed by atoms with E-state index < -0.39 is 46.7 Å². The quantitative estimate of drug-likeness (QED) is 0.704. The molecule has 0 unspecified atom stereocenters. The summed E-state index contributed by atoms with van der Waals surface area (Å²) in [5, 5.41) is 14.6. The normalized spacial score (nSPS) is 19.6. The van der Waals surface area contributed by atoms with Crippen molar-refractivity contribution in [1.82, 2.24) is 14.9 Å². The standard InChI is InChI=1S/C22H22F2N4O4/c1-11-6-16(23)14(17(24)7-11)8-25-21(31)15-9-27-18(20(30)19(15)29)22(32)26-10-28(27)13(3)5-4-12(26)2/h4-7,9,12-13,30H,8,10H2,1-3H3,(H,25,31)/t12-,13-/m0/s1. The Hall–Kier alpha value is -3.69. The first-order chi connectivity index (χ1) is 15.1. The zero-order valence-corrected chi connectivity index (χ0v) is 17.7. The molecule has 0 radical (unpaired) electrons. The Kier molecular flexibility index (Phi) is 5.23. The van der Waals surface area contributed by atoms with E-state index >= 15 is 0 Å². The van der Waals surface area contributed by atoms with Crippen molar-refractivity contribution in [1.29, 1.82) is 0 Å². The number of aryl methyl sites for hydroxylation is 1. The van der Waals surface area contributed by atoms with E-state index in [0.717, 1.165) is 12.1 Å². The third-order valence-electron chi connectivity index (χ3n) is 5.79. The summed E-state index contributed by atoms with van der Waals surface area (Å²) < 4.78 is 29.4. The lowest BCUT2D eigenvalue weighted by Crippen LogP contribution is -2.57. The van der Waals surface area contributed by atoms with Crippen LogP contribution in [-0.4, -0.2) is 45.2 Å². The highest BCUT2D eigenvalue weighted by molar-refractivity contribution is 5.99. The Labute approximate surface area is 182 Å². The van der Waals surface area contributed by atoms with Crippen LogP contribution in [0.3, 0.4) is 0 Å². The Morgan fingerprint density at radius 2 is 1.78 bits per heavy atom. The van der Waals surface area contributed by atoms with Gasteiger partial charge in [-0.3, -0.25) is 24.1 Å². The molecule has 2 aromatic rings. The summed E-state index contributed by atoms with van der Waals surface area (Å²) in [4.78, 5) is 39.8. The highest BCUT2D eigenvalue weighted by Crippen LogP contribution is 2.26. The Morgan fingerprint density at radius 3 is 2.44 bits per heavy atom. The van der Waals surface area contributed by atoms with Gasteiger partial charge in [0.2, 0.25) is 5.43 Å². The molecular formula is C22H22F2N4O4.